The van der Waals surface area contributed by atoms with Crippen LogP contribution in [0.4, 0.5) is 4.39 Å². The number of pyridine rings is 1. The van der Waals surface area contributed by atoms with Crippen LogP contribution in [-0.2, 0) is 12.3 Å². The maximum atomic E-state index is 14.0. The molecule has 0 amide bonds. The van der Waals surface area contributed by atoms with Gasteiger partial charge >= 0.3 is 0 Å². The van der Waals surface area contributed by atoms with Gasteiger partial charge in [0.05, 0.1) is 13.7 Å². The van der Waals surface area contributed by atoms with Crippen LogP contribution in [-0.4, -0.2) is 21.6 Å². The van der Waals surface area contributed by atoms with Crippen LogP contribution in [0.15, 0.2) is 72.0 Å². The summed E-state index contributed by atoms with van der Waals surface area (Å²) >= 11 is 1.51. The first-order valence-corrected chi connectivity index (χ1v) is 9.53. The summed E-state index contributed by atoms with van der Waals surface area (Å²) in [7, 11) is 1.66. The Morgan fingerprint density at radius 3 is 2.81 bits per heavy atom. The van der Waals surface area contributed by atoms with Crippen LogP contribution in [0.2, 0.25) is 0 Å². The fourth-order valence-corrected chi connectivity index (χ4v) is 3.89. The normalized spacial score (nSPS) is 11.0. The SMILES string of the molecule is COc1cccc(Cn2c(SCc3ccccc3F)nc3cccnc32)c1. The summed E-state index contributed by atoms with van der Waals surface area (Å²) in [5.74, 6) is 1.12. The van der Waals surface area contributed by atoms with Gasteiger partial charge in [0.15, 0.2) is 10.8 Å². The molecule has 27 heavy (non-hydrogen) atoms. The van der Waals surface area contributed by atoms with Crippen molar-refractivity contribution in [1.82, 2.24) is 14.5 Å². The Balaban J connectivity index is 1.67. The average Bonchev–Trinajstić information content (AvgIpc) is 3.05. The Hall–Kier alpha value is -2.86. The van der Waals surface area contributed by atoms with E-state index in [1.807, 2.05) is 42.5 Å². The van der Waals surface area contributed by atoms with Gasteiger partial charge in [-0.2, -0.15) is 0 Å². The molecule has 6 heteroatoms. The van der Waals surface area contributed by atoms with Gasteiger partial charge < -0.3 is 4.74 Å². The number of methoxy groups -OCH3 is 1. The average molecular weight is 379 g/mol. The summed E-state index contributed by atoms with van der Waals surface area (Å²) in [6.07, 6.45) is 1.76. The van der Waals surface area contributed by atoms with E-state index in [2.05, 4.69) is 9.55 Å². The number of ether oxygens (including phenoxy) is 1. The molecule has 4 aromatic rings. The van der Waals surface area contributed by atoms with Crippen molar-refractivity contribution in [2.75, 3.05) is 7.11 Å². The van der Waals surface area contributed by atoms with E-state index in [1.54, 1.807) is 25.4 Å². The predicted octanol–water partition coefficient (Wildman–Crippen LogP) is 4.92. The van der Waals surface area contributed by atoms with Crippen molar-refractivity contribution in [3.05, 3.63) is 83.8 Å². The topological polar surface area (TPSA) is 39.9 Å². The Morgan fingerprint density at radius 1 is 1.07 bits per heavy atom. The van der Waals surface area contributed by atoms with Crippen molar-refractivity contribution < 1.29 is 9.13 Å². The molecule has 0 atom stereocenters. The summed E-state index contributed by atoms with van der Waals surface area (Å²) < 4.78 is 21.3. The van der Waals surface area contributed by atoms with Gasteiger partial charge in [0.1, 0.15) is 17.1 Å². The maximum absolute atomic E-state index is 14.0. The van der Waals surface area contributed by atoms with Crippen LogP contribution in [0, 0.1) is 5.82 Å². The fourth-order valence-electron chi connectivity index (χ4n) is 2.90. The highest BCUT2D eigenvalue weighted by Gasteiger charge is 2.14. The largest absolute Gasteiger partial charge is 0.497 e. The zero-order valence-corrected chi connectivity index (χ0v) is 15.6. The number of hydrogen-bond acceptors (Lipinski definition) is 4. The summed E-state index contributed by atoms with van der Waals surface area (Å²) in [4.78, 5) is 9.20. The van der Waals surface area contributed by atoms with E-state index in [0.29, 0.717) is 17.9 Å². The number of rotatable bonds is 6. The number of nitrogens with zero attached hydrogens (tertiary/aromatic N) is 3. The molecule has 2 heterocycles. The highest BCUT2D eigenvalue weighted by Crippen LogP contribution is 2.28. The van der Waals surface area contributed by atoms with Gasteiger partial charge in [0.2, 0.25) is 0 Å². The number of imidazole rings is 1. The second kappa shape index (κ2) is 7.80. The van der Waals surface area contributed by atoms with Crippen LogP contribution in [0.1, 0.15) is 11.1 Å². The molecule has 0 saturated heterocycles. The molecule has 0 bridgehead atoms. The number of benzene rings is 2. The number of fused-ring (bicyclic) bond motifs is 1. The third-order valence-electron chi connectivity index (χ3n) is 4.26. The third-order valence-corrected chi connectivity index (χ3v) is 5.28. The Morgan fingerprint density at radius 2 is 1.96 bits per heavy atom. The molecule has 136 valence electrons. The first-order valence-electron chi connectivity index (χ1n) is 8.55. The first-order chi connectivity index (χ1) is 13.2. The van der Waals surface area contributed by atoms with Gasteiger partial charge in [-0.3, -0.25) is 4.57 Å². The van der Waals surface area contributed by atoms with Crippen molar-refractivity contribution in [2.24, 2.45) is 0 Å². The van der Waals surface area contributed by atoms with Crippen LogP contribution in [0.25, 0.3) is 11.2 Å². The molecular weight excluding hydrogens is 361 g/mol. The fraction of sp³-hybridized carbons (Fsp3) is 0.143. The van der Waals surface area contributed by atoms with Crippen LogP contribution < -0.4 is 4.74 Å². The summed E-state index contributed by atoms with van der Waals surface area (Å²) in [6.45, 7) is 0.615. The maximum Gasteiger partial charge on any atom is 0.170 e. The predicted molar refractivity (Wildman–Crippen MR) is 106 cm³/mol. The monoisotopic (exact) mass is 379 g/mol. The quantitative estimate of drug-likeness (QED) is 0.446. The second-order valence-corrected chi connectivity index (χ2v) is 7.00. The van der Waals surface area contributed by atoms with Crippen LogP contribution >= 0.6 is 11.8 Å². The van der Waals surface area contributed by atoms with E-state index in [9.17, 15) is 4.39 Å². The number of aromatic nitrogens is 3. The molecule has 0 saturated carbocycles. The standard InChI is InChI=1S/C21H18FN3OS/c1-26-17-8-4-6-15(12-17)13-25-20-19(10-5-11-23-20)24-21(25)27-14-16-7-2-3-9-18(16)22/h2-12H,13-14H2,1H3. The molecule has 2 aromatic heterocycles. The molecule has 4 nitrogen and oxygen atoms in total. The molecule has 0 unspecified atom stereocenters. The lowest BCUT2D eigenvalue weighted by atomic mass is 10.2. The zero-order chi connectivity index (χ0) is 18.6. The van der Waals surface area contributed by atoms with Crippen molar-refractivity contribution >= 4 is 22.9 Å². The van der Waals surface area contributed by atoms with E-state index in [0.717, 1.165) is 27.6 Å². The van der Waals surface area contributed by atoms with E-state index in [4.69, 9.17) is 9.72 Å². The molecule has 0 aliphatic carbocycles. The smallest absolute Gasteiger partial charge is 0.170 e. The molecule has 0 fully saturated rings. The molecule has 0 aliphatic rings. The van der Waals surface area contributed by atoms with Gasteiger partial charge in [0, 0.05) is 11.9 Å². The lowest BCUT2D eigenvalue weighted by Gasteiger charge is -2.10. The van der Waals surface area contributed by atoms with Crippen molar-refractivity contribution in [3.63, 3.8) is 0 Å². The summed E-state index contributed by atoms with van der Waals surface area (Å²) in [5, 5.41) is 0.815. The van der Waals surface area contributed by atoms with Gasteiger partial charge in [-0.1, -0.05) is 42.1 Å². The van der Waals surface area contributed by atoms with Gasteiger partial charge in [0.25, 0.3) is 0 Å². The highest BCUT2D eigenvalue weighted by molar-refractivity contribution is 7.98. The Kier molecular flexibility index (Phi) is 5.07. The van der Waals surface area contributed by atoms with Crippen LogP contribution in [0.5, 0.6) is 5.75 Å². The molecule has 0 aliphatic heterocycles. The number of halogens is 1. The minimum Gasteiger partial charge on any atom is -0.497 e. The Labute approximate surface area is 161 Å². The molecular formula is C21H18FN3OS. The minimum absolute atomic E-state index is 0.196. The highest BCUT2D eigenvalue weighted by atomic mass is 32.2. The van der Waals surface area contributed by atoms with Crippen molar-refractivity contribution in [1.29, 1.82) is 0 Å². The molecule has 0 radical (unpaired) electrons. The lowest BCUT2D eigenvalue weighted by molar-refractivity contribution is 0.414. The van der Waals surface area contributed by atoms with Crippen molar-refractivity contribution in [3.8, 4) is 5.75 Å². The van der Waals surface area contributed by atoms with E-state index >= 15 is 0 Å². The minimum atomic E-state index is -0.196. The molecule has 4 rings (SSSR count). The van der Waals surface area contributed by atoms with Gasteiger partial charge in [-0.25, -0.2) is 14.4 Å². The van der Waals surface area contributed by atoms with Gasteiger partial charge in [-0.05, 0) is 41.5 Å². The Bertz CT molecular complexity index is 1080. The summed E-state index contributed by atoms with van der Waals surface area (Å²) in [5.41, 5.74) is 3.40. The second-order valence-electron chi connectivity index (χ2n) is 6.06. The zero-order valence-electron chi connectivity index (χ0n) is 14.8. The molecule has 0 spiro atoms. The lowest BCUT2D eigenvalue weighted by Crippen LogP contribution is -2.03. The van der Waals surface area contributed by atoms with E-state index in [-0.39, 0.29) is 5.82 Å². The van der Waals surface area contributed by atoms with Gasteiger partial charge in [-0.15, -0.1) is 0 Å². The van der Waals surface area contributed by atoms with Crippen LogP contribution in [0.3, 0.4) is 0 Å². The number of thioether (sulfide) groups is 1. The van der Waals surface area contributed by atoms with Crippen molar-refractivity contribution in [2.45, 2.75) is 17.5 Å². The first kappa shape index (κ1) is 17.5. The summed E-state index contributed by atoms with van der Waals surface area (Å²) in [6, 6.07) is 18.6. The third kappa shape index (κ3) is 3.80. The van der Waals surface area contributed by atoms with E-state index < -0.39 is 0 Å². The van der Waals surface area contributed by atoms with E-state index in [1.165, 1.54) is 17.8 Å². The molecule has 0 N–H and O–H groups in total. The molecule has 2 aromatic carbocycles. The number of hydrogen-bond donors (Lipinski definition) is 0.